The highest BCUT2D eigenvalue weighted by Crippen LogP contribution is 2.32. The van der Waals surface area contributed by atoms with Crippen molar-refractivity contribution in [2.75, 3.05) is 20.3 Å². The molecule has 1 aromatic carbocycles. The van der Waals surface area contributed by atoms with E-state index in [1.54, 1.807) is 7.11 Å². The van der Waals surface area contributed by atoms with Crippen molar-refractivity contribution in [1.82, 2.24) is 5.32 Å². The van der Waals surface area contributed by atoms with Crippen molar-refractivity contribution in [2.45, 2.75) is 51.2 Å². The Morgan fingerprint density at radius 1 is 1.48 bits per heavy atom. The summed E-state index contributed by atoms with van der Waals surface area (Å²) >= 11 is 3.57. The van der Waals surface area contributed by atoms with E-state index in [0.29, 0.717) is 12.1 Å². The number of halogens is 1. The average molecular weight is 356 g/mol. The van der Waals surface area contributed by atoms with Crippen LogP contribution in [0.3, 0.4) is 0 Å². The number of nitrogens with one attached hydrogen (secondary N) is 1. The quantitative estimate of drug-likeness (QED) is 0.746. The van der Waals surface area contributed by atoms with E-state index in [1.165, 1.54) is 18.4 Å². The smallest absolute Gasteiger partial charge is 0.123 e. The van der Waals surface area contributed by atoms with E-state index in [4.69, 9.17) is 9.47 Å². The zero-order chi connectivity index (χ0) is 15.1. The molecule has 1 aliphatic rings. The Morgan fingerprint density at radius 3 is 3.00 bits per heavy atom. The summed E-state index contributed by atoms with van der Waals surface area (Å²) < 4.78 is 12.4. The van der Waals surface area contributed by atoms with Gasteiger partial charge in [0.15, 0.2) is 0 Å². The standard InChI is InChI=1S/C17H26BrNO2/c1-3-10-19-16(8-7-14-5-4-11-21-14)15-12-13(18)6-9-17(15)20-2/h6,9,12,14,16,19H,3-5,7-8,10-11H2,1-2H3. The lowest BCUT2D eigenvalue weighted by Gasteiger charge is -2.23. The van der Waals surface area contributed by atoms with Crippen LogP contribution in [0.5, 0.6) is 5.75 Å². The van der Waals surface area contributed by atoms with Crippen LogP contribution in [-0.4, -0.2) is 26.4 Å². The Labute approximate surface area is 136 Å². The summed E-state index contributed by atoms with van der Waals surface area (Å²) in [5, 5.41) is 3.66. The van der Waals surface area contributed by atoms with Crippen LogP contribution in [0.2, 0.25) is 0 Å². The largest absolute Gasteiger partial charge is 0.496 e. The number of rotatable bonds is 8. The van der Waals surface area contributed by atoms with Crippen LogP contribution >= 0.6 is 15.9 Å². The molecule has 0 radical (unpaired) electrons. The molecule has 2 rings (SSSR count). The first-order valence-corrected chi connectivity index (χ1v) is 8.72. The molecular formula is C17H26BrNO2. The van der Waals surface area contributed by atoms with Crippen LogP contribution in [0.25, 0.3) is 0 Å². The van der Waals surface area contributed by atoms with Crippen LogP contribution in [0.15, 0.2) is 22.7 Å². The van der Waals surface area contributed by atoms with Gasteiger partial charge in [0.1, 0.15) is 5.75 Å². The van der Waals surface area contributed by atoms with Crippen LogP contribution < -0.4 is 10.1 Å². The molecule has 21 heavy (non-hydrogen) atoms. The third-order valence-electron chi connectivity index (χ3n) is 4.01. The molecule has 1 aliphatic heterocycles. The second kappa shape index (κ2) is 8.76. The Bertz CT molecular complexity index is 433. The summed E-state index contributed by atoms with van der Waals surface area (Å²) in [7, 11) is 1.74. The van der Waals surface area contributed by atoms with Gasteiger partial charge in [0, 0.05) is 22.7 Å². The van der Waals surface area contributed by atoms with Crippen molar-refractivity contribution >= 4 is 15.9 Å². The Kier molecular flexibility index (Phi) is 7.00. The molecule has 4 heteroatoms. The zero-order valence-electron chi connectivity index (χ0n) is 13.0. The second-order valence-electron chi connectivity index (χ2n) is 5.61. The Morgan fingerprint density at radius 2 is 2.33 bits per heavy atom. The van der Waals surface area contributed by atoms with Crippen molar-refractivity contribution in [3.05, 3.63) is 28.2 Å². The van der Waals surface area contributed by atoms with Gasteiger partial charge in [-0.3, -0.25) is 0 Å². The molecule has 2 unspecified atom stereocenters. The summed E-state index contributed by atoms with van der Waals surface area (Å²) in [6.45, 7) is 4.14. The lowest BCUT2D eigenvalue weighted by Crippen LogP contribution is -2.24. The molecule has 0 aliphatic carbocycles. The number of benzene rings is 1. The van der Waals surface area contributed by atoms with Gasteiger partial charge in [0.2, 0.25) is 0 Å². The highest BCUT2D eigenvalue weighted by molar-refractivity contribution is 9.10. The van der Waals surface area contributed by atoms with Gasteiger partial charge in [0.05, 0.1) is 13.2 Å². The van der Waals surface area contributed by atoms with E-state index in [-0.39, 0.29) is 0 Å². The predicted molar refractivity (Wildman–Crippen MR) is 89.9 cm³/mol. The first-order chi connectivity index (χ1) is 10.2. The fourth-order valence-corrected chi connectivity index (χ4v) is 3.27. The van der Waals surface area contributed by atoms with E-state index < -0.39 is 0 Å². The molecule has 0 aromatic heterocycles. The summed E-state index contributed by atoms with van der Waals surface area (Å²) in [4.78, 5) is 0. The average Bonchev–Trinajstić information content (AvgIpc) is 3.01. The summed E-state index contributed by atoms with van der Waals surface area (Å²) in [5.41, 5.74) is 1.23. The number of methoxy groups -OCH3 is 1. The van der Waals surface area contributed by atoms with E-state index in [2.05, 4.69) is 34.2 Å². The monoisotopic (exact) mass is 355 g/mol. The summed E-state index contributed by atoms with van der Waals surface area (Å²) in [5.74, 6) is 0.958. The lowest BCUT2D eigenvalue weighted by molar-refractivity contribution is 0.0995. The molecule has 1 fully saturated rings. The fraction of sp³-hybridized carbons (Fsp3) is 0.647. The molecule has 1 aromatic rings. The first kappa shape index (κ1) is 16.8. The normalized spacial score (nSPS) is 19.7. The maximum atomic E-state index is 5.76. The fourth-order valence-electron chi connectivity index (χ4n) is 2.89. The maximum absolute atomic E-state index is 5.76. The summed E-state index contributed by atoms with van der Waals surface area (Å²) in [6.07, 6.45) is 6.17. The minimum absolute atomic E-state index is 0.321. The third kappa shape index (κ3) is 4.97. The number of ether oxygens (including phenoxy) is 2. The van der Waals surface area contributed by atoms with Crippen LogP contribution in [0, 0.1) is 0 Å². The highest BCUT2D eigenvalue weighted by Gasteiger charge is 2.20. The Hall–Kier alpha value is -0.580. The molecule has 0 saturated carbocycles. The van der Waals surface area contributed by atoms with E-state index in [9.17, 15) is 0 Å². The highest BCUT2D eigenvalue weighted by atomic mass is 79.9. The molecule has 1 saturated heterocycles. The lowest BCUT2D eigenvalue weighted by atomic mass is 9.98. The number of hydrogen-bond acceptors (Lipinski definition) is 3. The van der Waals surface area contributed by atoms with Crippen molar-refractivity contribution < 1.29 is 9.47 Å². The minimum atomic E-state index is 0.321. The molecular weight excluding hydrogens is 330 g/mol. The minimum Gasteiger partial charge on any atom is -0.496 e. The van der Waals surface area contributed by atoms with Gasteiger partial charge in [-0.15, -0.1) is 0 Å². The molecule has 0 bridgehead atoms. The van der Waals surface area contributed by atoms with Crippen molar-refractivity contribution in [2.24, 2.45) is 0 Å². The van der Waals surface area contributed by atoms with E-state index in [1.807, 2.05) is 12.1 Å². The number of hydrogen-bond donors (Lipinski definition) is 1. The van der Waals surface area contributed by atoms with E-state index in [0.717, 1.165) is 42.6 Å². The molecule has 0 amide bonds. The second-order valence-corrected chi connectivity index (χ2v) is 6.52. The third-order valence-corrected chi connectivity index (χ3v) is 4.50. The van der Waals surface area contributed by atoms with Crippen molar-refractivity contribution in [1.29, 1.82) is 0 Å². The molecule has 1 N–H and O–H groups in total. The maximum Gasteiger partial charge on any atom is 0.123 e. The van der Waals surface area contributed by atoms with Crippen LogP contribution in [0.1, 0.15) is 50.6 Å². The zero-order valence-corrected chi connectivity index (χ0v) is 14.6. The van der Waals surface area contributed by atoms with Gasteiger partial charge in [-0.05, 0) is 56.8 Å². The van der Waals surface area contributed by atoms with Crippen LogP contribution in [-0.2, 0) is 4.74 Å². The van der Waals surface area contributed by atoms with Gasteiger partial charge in [0.25, 0.3) is 0 Å². The van der Waals surface area contributed by atoms with Gasteiger partial charge in [-0.25, -0.2) is 0 Å². The van der Waals surface area contributed by atoms with Crippen molar-refractivity contribution in [3.63, 3.8) is 0 Å². The van der Waals surface area contributed by atoms with Gasteiger partial charge >= 0.3 is 0 Å². The van der Waals surface area contributed by atoms with E-state index >= 15 is 0 Å². The summed E-state index contributed by atoms with van der Waals surface area (Å²) in [6, 6.07) is 6.55. The molecule has 1 heterocycles. The van der Waals surface area contributed by atoms with Crippen molar-refractivity contribution in [3.8, 4) is 5.75 Å². The van der Waals surface area contributed by atoms with Gasteiger partial charge in [-0.2, -0.15) is 0 Å². The van der Waals surface area contributed by atoms with Gasteiger partial charge < -0.3 is 14.8 Å². The predicted octanol–water partition coefficient (Wildman–Crippen LogP) is 4.46. The molecule has 2 atom stereocenters. The molecule has 3 nitrogen and oxygen atoms in total. The van der Waals surface area contributed by atoms with Gasteiger partial charge in [-0.1, -0.05) is 22.9 Å². The first-order valence-electron chi connectivity index (χ1n) is 7.93. The molecule has 118 valence electrons. The molecule has 0 spiro atoms. The SMILES string of the molecule is CCCNC(CCC1CCCO1)c1cc(Br)ccc1OC. The Balaban J connectivity index is 2.08. The van der Waals surface area contributed by atoms with Crippen LogP contribution in [0.4, 0.5) is 0 Å². The topological polar surface area (TPSA) is 30.5 Å².